The number of carbonyl (C=O) groups is 1. The zero-order chi connectivity index (χ0) is 13.5. The minimum absolute atomic E-state index is 0.283. The zero-order valence-electron chi connectivity index (χ0n) is 7.93. The van der Waals surface area contributed by atoms with Crippen LogP contribution in [0.3, 0.4) is 0 Å². The fourth-order valence-electron chi connectivity index (χ4n) is 0.456. The first-order chi connectivity index (χ1) is 7.81. The molecule has 102 valence electrons. The topological polar surface area (TPSA) is 44.8 Å². The number of carbonyl (C=O) groups excluding carboxylic acids is 1. The predicted molar refractivity (Wildman–Crippen MR) is 56.5 cm³/mol. The molecule has 0 aliphatic carbocycles. The van der Waals surface area contributed by atoms with Gasteiger partial charge < -0.3 is 0 Å². The summed E-state index contributed by atoms with van der Waals surface area (Å²) in [5, 5.41) is 3.60. The lowest BCUT2D eigenvalue weighted by molar-refractivity contribution is -0.435. The van der Waals surface area contributed by atoms with Gasteiger partial charge in [0, 0.05) is 22.7 Å². The van der Waals surface area contributed by atoms with Crippen LogP contribution in [-0.2, 0) is 19.1 Å². The van der Waals surface area contributed by atoms with Crippen LogP contribution in [0.25, 0.3) is 0 Å². The third-order valence-electron chi connectivity index (χ3n) is 1.47. The Balaban J connectivity index is 4.08. The Morgan fingerprint density at radius 1 is 1.12 bits per heavy atom. The van der Waals surface area contributed by atoms with E-state index in [2.05, 4.69) is 14.3 Å². The van der Waals surface area contributed by atoms with Crippen molar-refractivity contribution in [3.8, 4) is 0 Å². The van der Waals surface area contributed by atoms with Crippen molar-refractivity contribution in [1.29, 1.82) is 0 Å². The lowest BCUT2D eigenvalue weighted by Crippen LogP contribution is -2.38. The van der Waals surface area contributed by atoms with Crippen molar-refractivity contribution in [2.75, 3.05) is 17.6 Å². The van der Waals surface area contributed by atoms with Crippen LogP contribution < -0.4 is 0 Å². The molecule has 0 aromatic rings. The third kappa shape index (κ3) is 6.21. The first kappa shape index (κ1) is 17.4. The normalized spacial score (nSPS) is 12.6. The molecule has 0 aliphatic heterocycles. The summed E-state index contributed by atoms with van der Waals surface area (Å²) in [6.45, 7) is 0. The highest BCUT2D eigenvalue weighted by Crippen LogP contribution is 2.31. The van der Waals surface area contributed by atoms with Gasteiger partial charge in [0.1, 0.15) is 17.5 Å². The van der Waals surface area contributed by atoms with Crippen molar-refractivity contribution < 1.29 is 32.2 Å². The second-order valence-electron chi connectivity index (χ2n) is 2.72. The molecule has 0 rings (SSSR count). The maximum atomic E-state index is 11.6. The second-order valence-corrected chi connectivity index (χ2v) is 4.28. The molecule has 0 atom stereocenters. The van der Waals surface area contributed by atoms with E-state index < -0.39 is 28.9 Å². The van der Waals surface area contributed by atoms with Gasteiger partial charge in [-0.2, -0.15) is 13.2 Å². The second kappa shape index (κ2) is 7.75. The van der Waals surface area contributed by atoms with Gasteiger partial charge in [-0.15, -0.1) is 39.1 Å². The number of hydrogen-bond acceptors (Lipinski definition) is 5. The highest BCUT2D eigenvalue weighted by Gasteiger charge is 2.40. The van der Waals surface area contributed by atoms with Crippen molar-refractivity contribution in [1.82, 2.24) is 0 Å². The van der Waals surface area contributed by atoms with Gasteiger partial charge in [-0.3, -0.25) is 4.89 Å². The number of alkyl halides is 6. The molecule has 0 heterocycles. The average molecular weight is 338 g/mol. The van der Waals surface area contributed by atoms with Gasteiger partial charge in [0.25, 0.3) is 0 Å². The summed E-state index contributed by atoms with van der Waals surface area (Å²) >= 11 is 15.4. The van der Waals surface area contributed by atoms with E-state index in [1.54, 1.807) is 0 Å². The molecule has 17 heavy (non-hydrogen) atoms. The maximum Gasteiger partial charge on any atom is 0.471 e. The summed E-state index contributed by atoms with van der Waals surface area (Å²) in [5.74, 6) is -1.97. The minimum atomic E-state index is -4.69. The Kier molecular flexibility index (Phi) is 7.93. The first-order valence-corrected chi connectivity index (χ1v) is 6.14. The molecule has 0 N–H and O–H groups in total. The zero-order valence-corrected chi connectivity index (χ0v) is 11.0. The van der Waals surface area contributed by atoms with Gasteiger partial charge in [-0.1, -0.05) is 0 Å². The Hall–Kier alpha value is 0.400. The third-order valence-corrected chi connectivity index (χ3v) is 3.31. The predicted octanol–water partition coefficient (Wildman–Crippen LogP) is 3.26. The van der Waals surface area contributed by atoms with Crippen molar-refractivity contribution in [2.45, 2.75) is 5.51 Å². The smallest absolute Gasteiger partial charge is 0.267 e. The molecular weight excluding hydrogens is 331 g/mol. The van der Waals surface area contributed by atoms with Crippen molar-refractivity contribution in [3.63, 3.8) is 0 Å². The van der Waals surface area contributed by atoms with E-state index in [4.69, 9.17) is 34.8 Å². The SMILES string of the molecule is O=C(OOOSC(F)(F)F)C(CCl)(CCl)CCl. The van der Waals surface area contributed by atoms with E-state index in [9.17, 15) is 18.0 Å². The van der Waals surface area contributed by atoms with E-state index >= 15 is 0 Å². The molecule has 0 unspecified atom stereocenters. The van der Waals surface area contributed by atoms with Gasteiger partial charge in [0.05, 0.1) is 0 Å². The van der Waals surface area contributed by atoms with Crippen LogP contribution in [0.1, 0.15) is 0 Å². The van der Waals surface area contributed by atoms with Crippen LogP contribution in [0.5, 0.6) is 0 Å². The van der Waals surface area contributed by atoms with E-state index in [1.165, 1.54) is 0 Å². The number of halogens is 6. The molecule has 0 bridgehead atoms. The summed E-state index contributed by atoms with van der Waals surface area (Å²) in [4.78, 5) is 15.3. The molecule has 11 heteroatoms. The van der Waals surface area contributed by atoms with E-state index in [-0.39, 0.29) is 17.6 Å². The molecule has 0 spiro atoms. The molecule has 0 amide bonds. The molecular formula is C6H6Cl3F3O4S. The van der Waals surface area contributed by atoms with E-state index in [0.717, 1.165) is 0 Å². The summed E-state index contributed by atoms with van der Waals surface area (Å²) in [6.07, 6.45) is 0. The van der Waals surface area contributed by atoms with Gasteiger partial charge in [-0.25, -0.2) is 4.79 Å². The van der Waals surface area contributed by atoms with Crippen LogP contribution in [0.2, 0.25) is 0 Å². The largest absolute Gasteiger partial charge is 0.471 e. The molecule has 0 radical (unpaired) electrons. The van der Waals surface area contributed by atoms with Crippen molar-refractivity contribution in [2.24, 2.45) is 5.41 Å². The lowest BCUT2D eigenvalue weighted by atomic mass is 9.96. The molecule has 0 aromatic heterocycles. The highest BCUT2D eigenvalue weighted by molar-refractivity contribution is 7.95. The van der Waals surface area contributed by atoms with Gasteiger partial charge in [0.15, 0.2) is 0 Å². The summed E-state index contributed by atoms with van der Waals surface area (Å²) in [7, 11) is 0. The Bertz CT molecular complexity index is 241. The summed E-state index contributed by atoms with van der Waals surface area (Å²) in [5.41, 5.74) is -6.13. The number of rotatable bonds is 7. The Morgan fingerprint density at radius 2 is 1.59 bits per heavy atom. The molecule has 0 aliphatic rings. The van der Waals surface area contributed by atoms with Crippen LogP contribution >= 0.6 is 46.8 Å². The molecule has 0 saturated heterocycles. The molecule has 0 saturated carbocycles. The quantitative estimate of drug-likeness (QED) is 0.235. The van der Waals surface area contributed by atoms with Crippen LogP contribution in [0.4, 0.5) is 13.2 Å². The highest BCUT2D eigenvalue weighted by atomic mass is 35.5. The minimum Gasteiger partial charge on any atom is -0.267 e. The fraction of sp³-hybridized carbons (Fsp3) is 0.833. The standard InChI is InChI=1S/C6H6Cl3F3O4S/c7-1-5(2-8,3-9)4(13)14-15-16-17-6(10,11)12/h1-3H2. The molecule has 0 aromatic carbocycles. The van der Waals surface area contributed by atoms with Crippen molar-refractivity contribution >= 4 is 52.8 Å². The van der Waals surface area contributed by atoms with E-state index in [0.29, 0.717) is 0 Å². The van der Waals surface area contributed by atoms with Crippen molar-refractivity contribution in [3.05, 3.63) is 0 Å². The van der Waals surface area contributed by atoms with Gasteiger partial charge in [-0.05, 0) is 0 Å². The van der Waals surface area contributed by atoms with Crippen LogP contribution in [0.15, 0.2) is 0 Å². The Morgan fingerprint density at radius 3 is 1.94 bits per heavy atom. The first-order valence-electron chi connectivity index (χ1n) is 3.79. The maximum absolute atomic E-state index is 11.6. The average Bonchev–Trinajstić information content (AvgIpc) is 2.26. The van der Waals surface area contributed by atoms with Crippen LogP contribution in [-0.4, -0.2) is 29.1 Å². The Labute approximate surface area is 114 Å². The fourth-order valence-corrected chi connectivity index (χ4v) is 1.77. The van der Waals surface area contributed by atoms with Gasteiger partial charge in [0.2, 0.25) is 0 Å². The summed E-state index contributed by atoms with van der Waals surface area (Å²) < 4.78 is 38.2. The molecule has 0 fully saturated rings. The van der Waals surface area contributed by atoms with Gasteiger partial charge >= 0.3 is 11.5 Å². The van der Waals surface area contributed by atoms with Crippen LogP contribution in [0, 0.1) is 5.41 Å². The lowest BCUT2D eigenvalue weighted by Gasteiger charge is -2.22. The molecule has 4 nitrogen and oxygen atoms in total. The summed E-state index contributed by atoms with van der Waals surface area (Å²) in [6, 6.07) is 0. The monoisotopic (exact) mass is 336 g/mol. The number of hydrogen-bond donors (Lipinski definition) is 0. The van der Waals surface area contributed by atoms with E-state index in [1.807, 2.05) is 0 Å².